The van der Waals surface area contributed by atoms with Crippen molar-refractivity contribution in [3.8, 4) is 5.75 Å². The van der Waals surface area contributed by atoms with Crippen molar-refractivity contribution >= 4 is 18.3 Å². The Morgan fingerprint density at radius 1 is 1.07 bits per heavy atom. The van der Waals surface area contributed by atoms with Crippen molar-refractivity contribution < 1.29 is 14.3 Å². The van der Waals surface area contributed by atoms with Crippen molar-refractivity contribution in [3.05, 3.63) is 65.7 Å². The van der Waals surface area contributed by atoms with Gasteiger partial charge in [0, 0.05) is 30.2 Å². The molecule has 0 aliphatic carbocycles. The van der Waals surface area contributed by atoms with Gasteiger partial charge in [-0.05, 0) is 44.1 Å². The Bertz CT molecular complexity index is 728. The van der Waals surface area contributed by atoms with Gasteiger partial charge in [-0.15, -0.1) is 12.4 Å². The third-order valence-electron chi connectivity index (χ3n) is 5.14. The third-order valence-corrected chi connectivity index (χ3v) is 5.14. The molecular weight excluding hydrogens is 376 g/mol. The maximum Gasteiger partial charge on any atom is 0.251 e. The summed E-state index contributed by atoms with van der Waals surface area (Å²) < 4.78 is 11.3. The van der Waals surface area contributed by atoms with Gasteiger partial charge < -0.3 is 20.1 Å². The highest BCUT2D eigenvalue weighted by Crippen LogP contribution is 2.28. The standard InChI is InChI=1S/C22H28N2O3.ClH/c1-26-17-22(11-13-23-14-12-22)16-24-21(25)20-10-6-5-7-18(20)15-27-19-8-3-2-4-9-19;/h2-10,23H,11-17H2,1H3,(H,24,25);1H. The van der Waals surface area contributed by atoms with Gasteiger partial charge in [0.05, 0.1) is 6.61 Å². The summed E-state index contributed by atoms with van der Waals surface area (Å²) in [5, 5.41) is 6.50. The second-order valence-electron chi connectivity index (χ2n) is 7.12. The molecular formula is C22H29ClN2O3. The Hall–Kier alpha value is -2.08. The van der Waals surface area contributed by atoms with E-state index in [0.29, 0.717) is 25.3 Å². The molecule has 1 saturated heterocycles. The number of carbonyl (C=O) groups excluding carboxylic acids is 1. The Balaban J connectivity index is 0.00000280. The second kappa shape index (κ2) is 11.1. The van der Waals surface area contributed by atoms with Gasteiger partial charge in [0.1, 0.15) is 12.4 Å². The number of benzene rings is 2. The quantitative estimate of drug-likeness (QED) is 0.707. The van der Waals surface area contributed by atoms with Crippen molar-refractivity contribution in [2.45, 2.75) is 19.4 Å². The number of hydrogen-bond donors (Lipinski definition) is 2. The van der Waals surface area contributed by atoms with E-state index in [4.69, 9.17) is 9.47 Å². The third kappa shape index (κ3) is 5.96. The monoisotopic (exact) mass is 404 g/mol. The van der Waals surface area contributed by atoms with Gasteiger partial charge in [-0.1, -0.05) is 36.4 Å². The minimum Gasteiger partial charge on any atom is -0.489 e. The lowest BCUT2D eigenvalue weighted by Gasteiger charge is -2.37. The minimum absolute atomic E-state index is 0. The van der Waals surface area contributed by atoms with E-state index in [-0.39, 0.29) is 23.7 Å². The minimum atomic E-state index is -0.0590. The topological polar surface area (TPSA) is 59.6 Å². The molecule has 1 aliphatic rings. The van der Waals surface area contributed by atoms with Crippen molar-refractivity contribution in [2.24, 2.45) is 5.41 Å². The predicted molar refractivity (Wildman–Crippen MR) is 113 cm³/mol. The molecule has 2 aromatic carbocycles. The molecule has 2 N–H and O–H groups in total. The molecule has 2 aromatic rings. The summed E-state index contributed by atoms with van der Waals surface area (Å²) in [7, 11) is 1.72. The number of halogens is 1. The first-order valence-electron chi connectivity index (χ1n) is 9.46. The number of amides is 1. The molecule has 0 radical (unpaired) electrons. The van der Waals surface area contributed by atoms with E-state index in [2.05, 4.69) is 10.6 Å². The van der Waals surface area contributed by atoms with E-state index in [0.717, 1.165) is 37.2 Å². The van der Waals surface area contributed by atoms with E-state index in [1.54, 1.807) is 7.11 Å². The summed E-state index contributed by atoms with van der Waals surface area (Å²) in [4.78, 5) is 12.8. The van der Waals surface area contributed by atoms with Gasteiger partial charge in [-0.3, -0.25) is 4.79 Å². The molecule has 1 aliphatic heterocycles. The normalized spacial score (nSPS) is 15.3. The highest BCUT2D eigenvalue weighted by Gasteiger charge is 2.32. The summed E-state index contributed by atoms with van der Waals surface area (Å²) in [6, 6.07) is 17.2. The lowest BCUT2D eigenvalue weighted by atomic mass is 9.79. The average molecular weight is 405 g/mol. The van der Waals surface area contributed by atoms with Crippen molar-refractivity contribution in [1.82, 2.24) is 10.6 Å². The summed E-state index contributed by atoms with van der Waals surface area (Å²) in [6.45, 7) is 3.56. The van der Waals surface area contributed by atoms with Crippen LogP contribution in [0.1, 0.15) is 28.8 Å². The maximum atomic E-state index is 12.8. The number of nitrogens with one attached hydrogen (secondary N) is 2. The van der Waals surface area contributed by atoms with Gasteiger partial charge >= 0.3 is 0 Å². The van der Waals surface area contributed by atoms with Crippen LogP contribution in [0.15, 0.2) is 54.6 Å². The Labute approximate surface area is 173 Å². The first-order chi connectivity index (χ1) is 13.2. The first kappa shape index (κ1) is 22.2. The van der Waals surface area contributed by atoms with Crippen LogP contribution in [-0.2, 0) is 11.3 Å². The number of ether oxygens (including phenoxy) is 2. The van der Waals surface area contributed by atoms with Gasteiger partial charge in [-0.25, -0.2) is 0 Å². The predicted octanol–water partition coefficient (Wildman–Crippen LogP) is 3.43. The number of methoxy groups -OCH3 is 1. The van der Waals surface area contributed by atoms with Crippen LogP contribution in [0, 0.1) is 5.41 Å². The molecule has 0 atom stereocenters. The zero-order valence-corrected chi connectivity index (χ0v) is 17.1. The van der Waals surface area contributed by atoms with Crippen LogP contribution in [0.2, 0.25) is 0 Å². The molecule has 28 heavy (non-hydrogen) atoms. The molecule has 152 valence electrons. The molecule has 6 heteroatoms. The van der Waals surface area contributed by atoms with E-state index in [9.17, 15) is 4.79 Å². The van der Waals surface area contributed by atoms with Crippen LogP contribution < -0.4 is 15.4 Å². The molecule has 0 bridgehead atoms. The molecule has 3 rings (SSSR count). The Morgan fingerprint density at radius 3 is 2.46 bits per heavy atom. The SMILES string of the molecule is COCC1(CNC(=O)c2ccccc2COc2ccccc2)CCNCC1.Cl. The van der Waals surface area contributed by atoms with Gasteiger partial charge in [0.25, 0.3) is 5.91 Å². The zero-order chi connectivity index (χ0) is 19.0. The molecule has 0 unspecified atom stereocenters. The van der Waals surface area contributed by atoms with Crippen LogP contribution in [0.4, 0.5) is 0 Å². The van der Waals surface area contributed by atoms with Gasteiger partial charge in [0.2, 0.25) is 0 Å². The Morgan fingerprint density at radius 2 is 1.75 bits per heavy atom. The molecule has 0 aromatic heterocycles. The van der Waals surface area contributed by atoms with Crippen LogP contribution in [0.25, 0.3) is 0 Å². The number of rotatable bonds is 8. The smallest absolute Gasteiger partial charge is 0.251 e. The van der Waals surface area contributed by atoms with E-state index >= 15 is 0 Å². The number of carbonyl (C=O) groups is 1. The van der Waals surface area contributed by atoms with Crippen molar-refractivity contribution in [1.29, 1.82) is 0 Å². The van der Waals surface area contributed by atoms with E-state index in [1.807, 2.05) is 54.6 Å². The molecule has 5 nitrogen and oxygen atoms in total. The fourth-order valence-electron chi connectivity index (χ4n) is 3.54. The van der Waals surface area contributed by atoms with Crippen LogP contribution in [0.3, 0.4) is 0 Å². The molecule has 1 amide bonds. The first-order valence-corrected chi connectivity index (χ1v) is 9.46. The van der Waals surface area contributed by atoms with E-state index < -0.39 is 0 Å². The summed E-state index contributed by atoms with van der Waals surface area (Å²) in [6.07, 6.45) is 2.00. The largest absolute Gasteiger partial charge is 0.489 e. The summed E-state index contributed by atoms with van der Waals surface area (Å²) in [5.41, 5.74) is 1.55. The number of piperidine rings is 1. The van der Waals surface area contributed by atoms with Crippen molar-refractivity contribution in [2.75, 3.05) is 33.4 Å². The molecule has 0 saturated carbocycles. The fourth-order valence-corrected chi connectivity index (χ4v) is 3.54. The Kier molecular flexibility index (Phi) is 8.77. The number of hydrogen-bond acceptors (Lipinski definition) is 4. The highest BCUT2D eigenvalue weighted by molar-refractivity contribution is 5.95. The molecule has 1 fully saturated rings. The van der Waals surface area contributed by atoms with Crippen LogP contribution >= 0.6 is 12.4 Å². The summed E-state index contributed by atoms with van der Waals surface area (Å²) in [5.74, 6) is 0.734. The van der Waals surface area contributed by atoms with Crippen LogP contribution in [0.5, 0.6) is 5.75 Å². The zero-order valence-electron chi connectivity index (χ0n) is 16.3. The fraction of sp³-hybridized carbons (Fsp3) is 0.409. The van der Waals surface area contributed by atoms with Gasteiger partial charge in [0.15, 0.2) is 0 Å². The second-order valence-corrected chi connectivity index (χ2v) is 7.12. The van der Waals surface area contributed by atoms with Crippen LogP contribution in [-0.4, -0.2) is 39.3 Å². The lowest BCUT2D eigenvalue weighted by Crippen LogP contribution is -2.47. The highest BCUT2D eigenvalue weighted by atomic mass is 35.5. The van der Waals surface area contributed by atoms with E-state index in [1.165, 1.54) is 0 Å². The average Bonchev–Trinajstić information content (AvgIpc) is 2.72. The lowest BCUT2D eigenvalue weighted by molar-refractivity contribution is 0.0511. The number of para-hydroxylation sites is 1. The van der Waals surface area contributed by atoms with Gasteiger partial charge in [-0.2, -0.15) is 0 Å². The summed E-state index contributed by atoms with van der Waals surface area (Å²) >= 11 is 0. The maximum absolute atomic E-state index is 12.8. The van der Waals surface area contributed by atoms with Crippen molar-refractivity contribution in [3.63, 3.8) is 0 Å². The molecule has 1 heterocycles. The molecule has 0 spiro atoms.